The minimum Gasteiger partial charge on any atom is -0.378 e. The summed E-state index contributed by atoms with van der Waals surface area (Å²) in [6.45, 7) is 2.99. The highest BCUT2D eigenvalue weighted by atomic mass is 16.5. The van der Waals surface area contributed by atoms with Crippen LogP contribution in [0, 0.1) is 0 Å². The van der Waals surface area contributed by atoms with Crippen molar-refractivity contribution in [1.29, 1.82) is 0 Å². The highest BCUT2D eigenvalue weighted by Crippen LogP contribution is 2.22. The summed E-state index contributed by atoms with van der Waals surface area (Å²) < 4.78 is 5.26. The van der Waals surface area contributed by atoms with Gasteiger partial charge < -0.3 is 15.0 Å². The summed E-state index contributed by atoms with van der Waals surface area (Å²) >= 11 is 0. The second-order valence-electron chi connectivity index (χ2n) is 4.87. The van der Waals surface area contributed by atoms with E-state index in [0.29, 0.717) is 32.8 Å². The van der Waals surface area contributed by atoms with Crippen molar-refractivity contribution in [2.75, 3.05) is 38.2 Å². The normalized spacial score (nSPS) is 15.3. The van der Waals surface area contributed by atoms with Gasteiger partial charge in [-0.1, -0.05) is 36.4 Å². The van der Waals surface area contributed by atoms with E-state index in [1.54, 1.807) is 0 Å². The number of carbonyl (C=O) groups is 1. The number of benzene rings is 2. The predicted molar refractivity (Wildman–Crippen MR) is 79.8 cm³/mol. The van der Waals surface area contributed by atoms with Crippen LogP contribution in [0.25, 0.3) is 10.8 Å². The fraction of sp³-hybridized carbons (Fsp3) is 0.312. The fourth-order valence-electron chi connectivity index (χ4n) is 2.47. The summed E-state index contributed by atoms with van der Waals surface area (Å²) in [6.07, 6.45) is 0. The molecule has 1 amide bonds. The van der Waals surface area contributed by atoms with Crippen LogP contribution in [0.15, 0.2) is 42.5 Å². The van der Waals surface area contributed by atoms with E-state index >= 15 is 0 Å². The number of hydrogen-bond donors (Lipinski definition) is 1. The van der Waals surface area contributed by atoms with Gasteiger partial charge in [0.05, 0.1) is 19.8 Å². The molecule has 1 fully saturated rings. The minimum absolute atomic E-state index is 0.126. The van der Waals surface area contributed by atoms with Gasteiger partial charge in [-0.25, -0.2) is 0 Å². The lowest BCUT2D eigenvalue weighted by atomic mass is 10.1. The van der Waals surface area contributed by atoms with Gasteiger partial charge >= 0.3 is 0 Å². The smallest absolute Gasteiger partial charge is 0.242 e. The molecule has 1 aliphatic heterocycles. The number of nitrogens with one attached hydrogen (secondary N) is 1. The van der Waals surface area contributed by atoms with Crippen molar-refractivity contribution in [2.45, 2.75) is 0 Å². The molecule has 0 bridgehead atoms. The number of rotatable bonds is 3. The molecule has 1 saturated heterocycles. The largest absolute Gasteiger partial charge is 0.378 e. The van der Waals surface area contributed by atoms with Crippen LogP contribution in [0.2, 0.25) is 0 Å². The van der Waals surface area contributed by atoms with Crippen LogP contribution >= 0.6 is 0 Å². The minimum atomic E-state index is 0.126. The molecule has 0 aliphatic carbocycles. The lowest BCUT2D eigenvalue weighted by Gasteiger charge is -2.27. The number of amides is 1. The molecular weight excluding hydrogens is 252 g/mol. The molecule has 0 radical (unpaired) electrons. The summed E-state index contributed by atoms with van der Waals surface area (Å²) in [7, 11) is 0. The topological polar surface area (TPSA) is 41.6 Å². The molecule has 3 rings (SSSR count). The van der Waals surface area contributed by atoms with E-state index in [0.717, 1.165) is 11.1 Å². The summed E-state index contributed by atoms with van der Waals surface area (Å²) in [5, 5.41) is 5.57. The zero-order valence-electron chi connectivity index (χ0n) is 11.3. The number of ether oxygens (including phenoxy) is 1. The average molecular weight is 270 g/mol. The van der Waals surface area contributed by atoms with E-state index in [1.807, 2.05) is 29.2 Å². The Bertz CT molecular complexity index is 601. The zero-order chi connectivity index (χ0) is 13.8. The predicted octanol–water partition coefficient (Wildman–Crippen LogP) is 2.11. The molecule has 0 saturated carbocycles. The molecule has 2 aromatic rings. The van der Waals surface area contributed by atoms with Crippen LogP contribution < -0.4 is 5.32 Å². The Morgan fingerprint density at radius 3 is 2.70 bits per heavy atom. The van der Waals surface area contributed by atoms with E-state index in [2.05, 4.69) is 23.5 Å². The third kappa shape index (κ3) is 2.75. The van der Waals surface area contributed by atoms with Crippen LogP contribution in [-0.2, 0) is 9.53 Å². The van der Waals surface area contributed by atoms with Gasteiger partial charge in [0, 0.05) is 24.2 Å². The molecule has 0 spiro atoms. The summed E-state index contributed by atoms with van der Waals surface area (Å²) in [5.41, 5.74) is 1.00. The molecule has 1 N–H and O–H groups in total. The highest BCUT2D eigenvalue weighted by Gasteiger charge is 2.16. The van der Waals surface area contributed by atoms with E-state index in [4.69, 9.17) is 4.74 Å². The van der Waals surface area contributed by atoms with Crippen LogP contribution in [0.5, 0.6) is 0 Å². The van der Waals surface area contributed by atoms with Gasteiger partial charge in [0.25, 0.3) is 0 Å². The Kier molecular flexibility index (Phi) is 3.83. The first-order chi connectivity index (χ1) is 9.84. The van der Waals surface area contributed by atoms with Gasteiger partial charge in [-0.3, -0.25) is 4.79 Å². The summed E-state index contributed by atoms with van der Waals surface area (Å²) in [4.78, 5) is 14.0. The van der Waals surface area contributed by atoms with Crippen molar-refractivity contribution in [3.8, 4) is 0 Å². The van der Waals surface area contributed by atoms with Gasteiger partial charge in [-0.05, 0) is 11.5 Å². The number of nitrogens with zero attached hydrogens (tertiary/aromatic N) is 1. The maximum atomic E-state index is 12.1. The number of anilines is 1. The first-order valence-corrected chi connectivity index (χ1v) is 6.92. The Hall–Kier alpha value is -2.07. The Morgan fingerprint density at radius 2 is 1.85 bits per heavy atom. The molecular formula is C16H18N2O2. The van der Waals surface area contributed by atoms with E-state index in [9.17, 15) is 4.79 Å². The summed E-state index contributed by atoms with van der Waals surface area (Å²) in [6, 6.07) is 14.3. The zero-order valence-corrected chi connectivity index (χ0v) is 11.3. The van der Waals surface area contributed by atoms with Crippen molar-refractivity contribution in [3.05, 3.63) is 42.5 Å². The standard InChI is InChI=1S/C16H18N2O2/c19-16(18-8-10-20-11-9-18)12-17-15-7-3-5-13-4-1-2-6-14(13)15/h1-7,17H,8-12H2. The SMILES string of the molecule is O=C(CNc1cccc2ccccc12)N1CCOCC1. The van der Waals surface area contributed by atoms with Crippen LogP contribution in [-0.4, -0.2) is 43.7 Å². The number of hydrogen-bond acceptors (Lipinski definition) is 3. The van der Waals surface area contributed by atoms with Crippen molar-refractivity contribution in [2.24, 2.45) is 0 Å². The second-order valence-corrected chi connectivity index (χ2v) is 4.87. The van der Waals surface area contributed by atoms with Crippen LogP contribution in [0.1, 0.15) is 0 Å². The molecule has 20 heavy (non-hydrogen) atoms. The van der Waals surface area contributed by atoms with Gasteiger partial charge in [0.15, 0.2) is 0 Å². The third-order valence-corrected chi connectivity index (χ3v) is 3.58. The average Bonchev–Trinajstić information content (AvgIpc) is 2.53. The molecule has 4 nitrogen and oxygen atoms in total. The quantitative estimate of drug-likeness (QED) is 0.928. The number of morpholine rings is 1. The first-order valence-electron chi connectivity index (χ1n) is 6.92. The second kappa shape index (κ2) is 5.92. The lowest BCUT2D eigenvalue weighted by molar-refractivity contribution is -0.133. The van der Waals surface area contributed by atoms with Gasteiger partial charge in [-0.15, -0.1) is 0 Å². The first kappa shape index (κ1) is 12.9. The van der Waals surface area contributed by atoms with Crippen molar-refractivity contribution in [1.82, 2.24) is 4.90 Å². The number of carbonyl (C=O) groups excluding carboxylic acids is 1. The van der Waals surface area contributed by atoms with Crippen LogP contribution in [0.3, 0.4) is 0 Å². The Labute approximate surface area is 118 Å². The maximum Gasteiger partial charge on any atom is 0.242 e. The van der Waals surface area contributed by atoms with Gasteiger partial charge in [0.1, 0.15) is 0 Å². The highest BCUT2D eigenvalue weighted by molar-refractivity contribution is 5.95. The third-order valence-electron chi connectivity index (χ3n) is 3.58. The van der Waals surface area contributed by atoms with Crippen molar-refractivity contribution < 1.29 is 9.53 Å². The van der Waals surface area contributed by atoms with Gasteiger partial charge in [-0.2, -0.15) is 0 Å². The molecule has 0 aromatic heterocycles. The fourth-order valence-corrected chi connectivity index (χ4v) is 2.47. The lowest BCUT2D eigenvalue weighted by Crippen LogP contribution is -2.43. The van der Waals surface area contributed by atoms with E-state index in [-0.39, 0.29) is 5.91 Å². The van der Waals surface area contributed by atoms with Crippen molar-refractivity contribution >= 4 is 22.4 Å². The monoisotopic (exact) mass is 270 g/mol. The van der Waals surface area contributed by atoms with Crippen molar-refractivity contribution in [3.63, 3.8) is 0 Å². The van der Waals surface area contributed by atoms with Gasteiger partial charge in [0.2, 0.25) is 5.91 Å². The Morgan fingerprint density at radius 1 is 1.10 bits per heavy atom. The molecule has 0 atom stereocenters. The summed E-state index contributed by atoms with van der Waals surface area (Å²) in [5.74, 6) is 0.126. The number of fused-ring (bicyclic) bond motifs is 1. The molecule has 1 heterocycles. The Balaban J connectivity index is 1.69. The van der Waals surface area contributed by atoms with E-state index < -0.39 is 0 Å². The molecule has 4 heteroatoms. The maximum absolute atomic E-state index is 12.1. The van der Waals surface area contributed by atoms with Crippen LogP contribution in [0.4, 0.5) is 5.69 Å². The van der Waals surface area contributed by atoms with E-state index in [1.165, 1.54) is 5.39 Å². The molecule has 104 valence electrons. The molecule has 1 aliphatic rings. The molecule has 0 unspecified atom stereocenters. The molecule has 2 aromatic carbocycles.